The number of pyridine rings is 1. The molecule has 0 aliphatic rings. The Hall–Kier alpha value is -3.85. The zero-order chi connectivity index (χ0) is 20.6. The largest absolute Gasteiger partial charge is 0.411 e. The molecule has 0 aliphatic carbocycles. The Morgan fingerprint density at radius 2 is 1.60 bits per heavy atom. The zero-order valence-electron chi connectivity index (χ0n) is 15.7. The van der Waals surface area contributed by atoms with E-state index in [1.807, 2.05) is 30.3 Å². The molecule has 1 N–H and O–H groups in total. The maximum atomic E-state index is 12.2. The van der Waals surface area contributed by atoms with Gasteiger partial charge in [0.1, 0.15) is 0 Å². The summed E-state index contributed by atoms with van der Waals surface area (Å²) in [5, 5.41) is 19.4. The van der Waals surface area contributed by atoms with Crippen LogP contribution in [0, 0.1) is 0 Å². The van der Waals surface area contributed by atoms with Crippen molar-refractivity contribution in [2.75, 3.05) is 11.1 Å². The van der Waals surface area contributed by atoms with Crippen LogP contribution < -0.4 is 5.32 Å². The van der Waals surface area contributed by atoms with Gasteiger partial charge in [0.05, 0.1) is 17.1 Å². The van der Waals surface area contributed by atoms with Crippen LogP contribution in [0.5, 0.6) is 0 Å². The van der Waals surface area contributed by atoms with Crippen molar-refractivity contribution in [1.82, 2.24) is 15.2 Å². The number of anilines is 1. The summed E-state index contributed by atoms with van der Waals surface area (Å²) in [7, 11) is 0. The van der Waals surface area contributed by atoms with Crippen molar-refractivity contribution in [2.45, 2.75) is 5.22 Å². The van der Waals surface area contributed by atoms with E-state index in [1.54, 1.807) is 48.8 Å². The molecule has 9 heteroatoms. The van der Waals surface area contributed by atoms with Crippen molar-refractivity contribution in [1.29, 1.82) is 0 Å². The van der Waals surface area contributed by atoms with Crippen molar-refractivity contribution < 1.29 is 9.21 Å². The Bertz CT molecular complexity index is 1130. The second-order valence-corrected chi connectivity index (χ2v) is 6.95. The molecule has 0 spiro atoms. The van der Waals surface area contributed by atoms with Gasteiger partial charge in [-0.05, 0) is 48.5 Å². The molecular formula is C21H16N6O2S. The van der Waals surface area contributed by atoms with Crippen LogP contribution in [0.3, 0.4) is 0 Å². The molecule has 4 aromatic rings. The molecule has 2 aromatic heterocycles. The lowest BCUT2D eigenvalue weighted by atomic mass is 10.3. The highest BCUT2D eigenvalue weighted by atomic mass is 32.2. The number of hydrogen-bond donors (Lipinski definition) is 1. The minimum absolute atomic E-state index is 0.146. The summed E-state index contributed by atoms with van der Waals surface area (Å²) in [6.45, 7) is 0. The minimum Gasteiger partial charge on any atom is -0.411 e. The van der Waals surface area contributed by atoms with Crippen LogP contribution in [0.1, 0.15) is 0 Å². The first kappa shape index (κ1) is 19.5. The smallest absolute Gasteiger partial charge is 0.277 e. The van der Waals surface area contributed by atoms with E-state index in [4.69, 9.17) is 4.42 Å². The Labute approximate surface area is 176 Å². The highest BCUT2D eigenvalue weighted by Gasteiger charge is 2.11. The first-order valence-electron chi connectivity index (χ1n) is 9.00. The number of aromatic nitrogens is 3. The van der Waals surface area contributed by atoms with E-state index < -0.39 is 0 Å². The van der Waals surface area contributed by atoms with Gasteiger partial charge in [0.25, 0.3) is 5.22 Å². The van der Waals surface area contributed by atoms with Crippen LogP contribution in [0.15, 0.2) is 99.0 Å². The zero-order valence-corrected chi connectivity index (χ0v) is 16.5. The van der Waals surface area contributed by atoms with E-state index in [-0.39, 0.29) is 11.7 Å². The van der Waals surface area contributed by atoms with Crippen LogP contribution in [0.4, 0.5) is 17.1 Å². The number of nitrogens with zero attached hydrogens (tertiary/aromatic N) is 5. The number of carbonyl (C=O) groups excluding carboxylic acids is 1. The lowest BCUT2D eigenvalue weighted by molar-refractivity contribution is -0.113. The van der Waals surface area contributed by atoms with Gasteiger partial charge in [0.2, 0.25) is 11.8 Å². The third-order valence-electron chi connectivity index (χ3n) is 3.85. The predicted octanol–water partition coefficient (Wildman–Crippen LogP) is 5.28. The molecule has 1 amide bonds. The Kier molecular flexibility index (Phi) is 6.21. The Balaban J connectivity index is 1.28. The molecule has 0 aliphatic heterocycles. The number of amides is 1. The average Bonchev–Trinajstić information content (AvgIpc) is 3.28. The number of rotatable bonds is 7. The summed E-state index contributed by atoms with van der Waals surface area (Å²) >= 11 is 1.17. The van der Waals surface area contributed by atoms with Gasteiger partial charge in [0.15, 0.2) is 0 Å². The van der Waals surface area contributed by atoms with E-state index in [0.29, 0.717) is 22.5 Å². The molecule has 0 atom stereocenters. The quantitative estimate of drug-likeness (QED) is 0.325. The third-order valence-corrected chi connectivity index (χ3v) is 4.67. The SMILES string of the molecule is O=C(CSc1nnc(-c2ccncc2)o1)Nc1ccc(N=Nc2ccccc2)cc1. The molecule has 30 heavy (non-hydrogen) atoms. The van der Waals surface area contributed by atoms with Gasteiger partial charge < -0.3 is 9.73 Å². The molecule has 148 valence electrons. The summed E-state index contributed by atoms with van der Waals surface area (Å²) in [6.07, 6.45) is 3.29. The second kappa shape index (κ2) is 9.57. The summed E-state index contributed by atoms with van der Waals surface area (Å²) in [6, 6.07) is 20.1. The number of carbonyl (C=O) groups is 1. The number of hydrogen-bond acceptors (Lipinski definition) is 8. The van der Waals surface area contributed by atoms with Crippen molar-refractivity contribution in [3.8, 4) is 11.5 Å². The van der Waals surface area contributed by atoms with Gasteiger partial charge in [0, 0.05) is 23.6 Å². The van der Waals surface area contributed by atoms with Crippen LogP contribution in [0.2, 0.25) is 0 Å². The third kappa shape index (κ3) is 5.36. The normalized spacial score (nSPS) is 10.9. The molecule has 2 heterocycles. The maximum Gasteiger partial charge on any atom is 0.277 e. The van der Waals surface area contributed by atoms with Crippen LogP contribution in [-0.2, 0) is 4.79 Å². The predicted molar refractivity (Wildman–Crippen MR) is 114 cm³/mol. The standard InChI is InChI=1S/C21H16N6O2S/c28-19(14-30-21-27-26-20(29-21)15-10-12-22-13-11-15)23-16-6-8-18(9-7-16)25-24-17-4-2-1-3-5-17/h1-13H,14H2,(H,23,28). The van der Waals surface area contributed by atoms with Gasteiger partial charge in [-0.25, -0.2) is 0 Å². The van der Waals surface area contributed by atoms with E-state index in [0.717, 1.165) is 11.3 Å². The lowest BCUT2D eigenvalue weighted by Gasteiger charge is -2.04. The van der Waals surface area contributed by atoms with Gasteiger partial charge >= 0.3 is 0 Å². The van der Waals surface area contributed by atoms with Gasteiger partial charge in [-0.1, -0.05) is 30.0 Å². The minimum atomic E-state index is -0.178. The first-order chi connectivity index (χ1) is 14.8. The Morgan fingerprint density at radius 3 is 2.33 bits per heavy atom. The van der Waals surface area contributed by atoms with Crippen molar-refractivity contribution in [2.24, 2.45) is 10.2 Å². The van der Waals surface area contributed by atoms with Crippen LogP contribution >= 0.6 is 11.8 Å². The summed E-state index contributed by atoms with van der Waals surface area (Å²) in [5.41, 5.74) is 2.92. The lowest BCUT2D eigenvalue weighted by Crippen LogP contribution is -2.13. The summed E-state index contributed by atoms with van der Waals surface area (Å²) in [4.78, 5) is 16.1. The number of thioether (sulfide) groups is 1. The topological polar surface area (TPSA) is 106 Å². The monoisotopic (exact) mass is 416 g/mol. The molecule has 2 aromatic carbocycles. The highest BCUT2D eigenvalue weighted by Crippen LogP contribution is 2.23. The maximum absolute atomic E-state index is 12.2. The molecule has 0 bridgehead atoms. The average molecular weight is 416 g/mol. The fraction of sp³-hybridized carbons (Fsp3) is 0.0476. The molecule has 0 saturated heterocycles. The first-order valence-corrected chi connectivity index (χ1v) is 9.98. The number of benzene rings is 2. The van der Waals surface area contributed by atoms with Gasteiger partial charge in [-0.15, -0.1) is 10.2 Å². The Morgan fingerprint density at radius 1 is 0.900 bits per heavy atom. The van der Waals surface area contributed by atoms with Crippen molar-refractivity contribution in [3.63, 3.8) is 0 Å². The van der Waals surface area contributed by atoms with Crippen LogP contribution in [0.25, 0.3) is 11.5 Å². The van der Waals surface area contributed by atoms with E-state index >= 15 is 0 Å². The molecule has 0 fully saturated rings. The number of azo groups is 1. The van der Waals surface area contributed by atoms with Gasteiger partial charge in [-0.3, -0.25) is 9.78 Å². The molecule has 0 unspecified atom stereocenters. The molecular weight excluding hydrogens is 400 g/mol. The van der Waals surface area contributed by atoms with Gasteiger partial charge in [-0.2, -0.15) is 10.2 Å². The highest BCUT2D eigenvalue weighted by molar-refractivity contribution is 7.99. The van der Waals surface area contributed by atoms with Crippen molar-refractivity contribution in [3.05, 3.63) is 79.1 Å². The molecule has 4 rings (SSSR count). The van der Waals surface area contributed by atoms with E-state index in [1.165, 1.54) is 11.8 Å². The van der Waals surface area contributed by atoms with E-state index in [2.05, 4.69) is 30.7 Å². The number of nitrogens with one attached hydrogen (secondary N) is 1. The second-order valence-electron chi connectivity index (χ2n) is 6.03. The fourth-order valence-electron chi connectivity index (χ4n) is 2.43. The van der Waals surface area contributed by atoms with Crippen LogP contribution in [-0.4, -0.2) is 26.8 Å². The molecule has 0 saturated carbocycles. The van der Waals surface area contributed by atoms with E-state index in [9.17, 15) is 4.79 Å². The fourth-order valence-corrected chi connectivity index (χ4v) is 2.99. The molecule has 0 radical (unpaired) electrons. The summed E-state index contributed by atoms with van der Waals surface area (Å²) in [5.74, 6) is 0.357. The molecule has 8 nitrogen and oxygen atoms in total. The summed E-state index contributed by atoms with van der Waals surface area (Å²) < 4.78 is 5.56. The van der Waals surface area contributed by atoms with Crippen molar-refractivity contribution >= 4 is 34.7 Å².